The van der Waals surface area contributed by atoms with Gasteiger partial charge in [-0.05, 0) is 18.2 Å². The molecule has 1 aromatic rings. The lowest BCUT2D eigenvalue weighted by atomic mass is 10.2. The molecule has 4 heteroatoms. The van der Waals surface area contributed by atoms with Gasteiger partial charge in [-0.2, -0.15) is 0 Å². The van der Waals surface area contributed by atoms with Crippen molar-refractivity contribution in [3.8, 4) is 0 Å². The summed E-state index contributed by atoms with van der Waals surface area (Å²) >= 11 is 5.61. The smallest absolute Gasteiger partial charge is 0.123 e. The number of nitrogens with zero attached hydrogens (tertiary/aromatic N) is 1. The van der Waals surface area contributed by atoms with E-state index in [0.29, 0.717) is 10.6 Å². The summed E-state index contributed by atoms with van der Waals surface area (Å²) < 4.78 is 12.5. The van der Waals surface area contributed by atoms with Crippen LogP contribution >= 0.6 is 11.6 Å². The molecule has 2 nitrogen and oxygen atoms in total. The minimum Gasteiger partial charge on any atom is -0.411 e. The Morgan fingerprint density at radius 3 is 2.91 bits per heavy atom. The van der Waals surface area contributed by atoms with E-state index in [4.69, 9.17) is 16.8 Å². The van der Waals surface area contributed by atoms with Crippen LogP contribution in [0.5, 0.6) is 0 Å². The average molecular weight is 174 g/mol. The number of hydrogen-bond donors (Lipinski definition) is 1. The van der Waals surface area contributed by atoms with Gasteiger partial charge in [-0.15, -0.1) is 0 Å². The molecule has 0 bridgehead atoms. The van der Waals surface area contributed by atoms with Crippen molar-refractivity contribution >= 4 is 17.8 Å². The van der Waals surface area contributed by atoms with Gasteiger partial charge in [-0.25, -0.2) is 4.39 Å². The molecule has 0 aliphatic heterocycles. The van der Waals surface area contributed by atoms with Crippen LogP contribution in [0.25, 0.3) is 0 Å². The van der Waals surface area contributed by atoms with Crippen LogP contribution in [-0.4, -0.2) is 11.4 Å². The second-order valence-corrected chi connectivity index (χ2v) is 2.32. The molecule has 0 aromatic heterocycles. The molecule has 0 aliphatic rings. The van der Waals surface area contributed by atoms with E-state index >= 15 is 0 Å². The lowest BCUT2D eigenvalue weighted by Crippen LogP contribution is -1.84. The summed E-state index contributed by atoms with van der Waals surface area (Å²) in [4.78, 5) is 0. The maximum atomic E-state index is 12.5. The number of hydrogen-bond acceptors (Lipinski definition) is 2. The van der Waals surface area contributed by atoms with Crippen LogP contribution < -0.4 is 0 Å². The van der Waals surface area contributed by atoms with Crippen LogP contribution in [0.3, 0.4) is 0 Å². The number of oxime groups is 1. The average Bonchev–Trinajstić information content (AvgIpc) is 1.98. The molecule has 0 atom stereocenters. The third-order valence-electron chi connectivity index (χ3n) is 1.15. The molecular weight excluding hydrogens is 169 g/mol. The molecule has 0 spiro atoms. The summed E-state index contributed by atoms with van der Waals surface area (Å²) in [6.07, 6.45) is 1.07. The first-order valence-electron chi connectivity index (χ1n) is 2.86. The van der Waals surface area contributed by atoms with Crippen molar-refractivity contribution < 1.29 is 9.60 Å². The molecule has 0 radical (unpaired) electrons. The van der Waals surface area contributed by atoms with Gasteiger partial charge >= 0.3 is 0 Å². The fraction of sp³-hybridized carbons (Fsp3) is 0. The topological polar surface area (TPSA) is 32.6 Å². The highest BCUT2D eigenvalue weighted by molar-refractivity contribution is 6.33. The highest BCUT2D eigenvalue weighted by Crippen LogP contribution is 2.14. The van der Waals surface area contributed by atoms with E-state index in [2.05, 4.69) is 5.16 Å². The highest BCUT2D eigenvalue weighted by Gasteiger charge is 1.98. The van der Waals surface area contributed by atoms with Crippen molar-refractivity contribution in [3.63, 3.8) is 0 Å². The molecule has 11 heavy (non-hydrogen) atoms. The van der Waals surface area contributed by atoms with Crippen molar-refractivity contribution in [2.75, 3.05) is 0 Å². The molecule has 0 heterocycles. The summed E-state index contributed by atoms with van der Waals surface area (Å²) in [7, 11) is 0. The van der Waals surface area contributed by atoms with Gasteiger partial charge < -0.3 is 5.21 Å². The summed E-state index contributed by atoms with van der Waals surface area (Å²) in [6, 6.07) is 3.81. The Morgan fingerprint density at radius 2 is 2.27 bits per heavy atom. The zero-order valence-corrected chi connectivity index (χ0v) is 6.22. The predicted molar refractivity (Wildman–Crippen MR) is 40.8 cm³/mol. The first kappa shape index (κ1) is 8.01. The molecule has 1 aromatic carbocycles. The number of rotatable bonds is 1. The zero-order valence-electron chi connectivity index (χ0n) is 5.46. The molecular formula is C7H5ClFNO. The van der Waals surface area contributed by atoms with Crippen molar-refractivity contribution in [1.29, 1.82) is 0 Å². The van der Waals surface area contributed by atoms with Gasteiger partial charge in [0, 0.05) is 10.6 Å². The van der Waals surface area contributed by atoms with Crippen LogP contribution in [0.4, 0.5) is 4.39 Å². The monoisotopic (exact) mass is 173 g/mol. The Balaban J connectivity index is 3.12. The lowest BCUT2D eigenvalue weighted by molar-refractivity contribution is 0.322. The quantitative estimate of drug-likeness (QED) is 0.395. The van der Waals surface area contributed by atoms with Crippen LogP contribution in [0, 0.1) is 5.82 Å². The third kappa shape index (κ3) is 1.91. The van der Waals surface area contributed by atoms with E-state index in [1.165, 1.54) is 18.2 Å². The van der Waals surface area contributed by atoms with E-state index in [1.54, 1.807) is 0 Å². The third-order valence-corrected chi connectivity index (χ3v) is 1.50. The second-order valence-electron chi connectivity index (χ2n) is 1.91. The van der Waals surface area contributed by atoms with E-state index in [1.807, 2.05) is 0 Å². The largest absolute Gasteiger partial charge is 0.411 e. The zero-order chi connectivity index (χ0) is 8.27. The Bertz CT molecular complexity index is 288. The normalized spacial score (nSPS) is 10.7. The Kier molecular flexibility index (Phi) is 2.44. The highest BCUT2D eigenvalue weighted by atomic mass is 35.5. The van der Waals surface area contributed by atoms with Crippen molar-refractivity contribution in [2.24, 2.45) is 5.16 Å². The van der Waals surface area contributed by atoms with Gasteiger partial charge in [-0.3, -0.25) is 0 Å². The Hall–Kier alpha value is -1.09. The van der Waals surface area contributed by atoms with E-state index < -0.39 is 5.82 Å². The van der Waals surface area contributed by atoms with Crippen molar-refractivity contribution in [1.82, 2.24) is 0 Å². The molecule has 1 rings (SSSR count). The van der Waals surface area contributed by atoms with Crippen LogP contribution in [0.15, 0.2) is 23.4 Å². The summed E-state index contributed by atoms with van der Waals surface area (Å²) in [5, 5.41) is 11.2. The fourth-order valence-corrected chi connectivity index (χ4v) is 0.842. The van der Waals surface area contributed by atoms with Gasteiger partial charge in [-0.1, -0.05) is 16.8 Å². The molecule has 0 amide bonds. The Morgan fingerprint density at radius 1 is 1.55 bits per heavy atom. The molecule has 0 fully saturated rings. The summed E-state index contributed by atoms with van der Waals surface area (Å²) in [6.45, 7) is 0. The molecule has 0 unspecified atom stereocenters. The van der Waals surface area contributed by atoms with Gasteiger partial charge in [0.1, 0.15) is 5.82 Å². The van der Waals surface area contributed by atoms with Crippen molar-refractivity contribution in [2.45, 2.75) is 0 Å². The summed E-state index contributed by atoms with van der Waals surface area (Å²) in [5.74, 6) is -0.413. The Labute approximate surface area is 67.9 Å². The van der Waals surface area contributed by atoms with E-state index in [-0.39, 0.29) is 0 Å². The number of halogens is 2. The summed E-state index contributed by atoms with van der Waals surface area (Å²) in [5.41, 5.74) is 0.356. The maximum absolute atomic E-state index is 12.5. The first-order chi connectivity index (χ1) is 5.24. The molecule has 0 saturated carbocycles. The van der Waals surface area contributed by atoms with Gasteiger partial charge in [0.15, 0.2) is 0 Å². The standard InChI is InChI=1S/C7H5ClFNO/c8-7-2-1-6(9)3-5(7)4-10-11/h1-4,11H/b10-4-. The SMILES string of the molecule is O/N=C\c1cc(F)ccc1Cl. The lowest BCUT2D eigenvalue weighted by Gasteiger charge is -1.94. The van der Waals surface area contributed by atoms with E-state index in [0.717, 1.165) is 6.21 Å². The predicted octanol–water partition coefficient (Wildman–Crippen LogP) is 2.29. The first-order valence-corrected chi connectivity index (χ1v) is 3.24. The van der Waals surface area contributed by atoms with Crippen LogP contribution in [0.2, 0.25) is 5.02 Å². The molecule has 1 N–H and O–H groups in total. The second kappa shape index (κ2) is 3.34. The molecule has 0 aliphatic carbocycles. The van der Waals surface area contributed by atoms with E-state index in [9.17, 15) is 4.39 Å². The van der Waals surface area contributed by atoms with Gasteiger partial charge in [0.2, 0.25) is 0 Å². The van der Waals surface area contributed by atoms with Gasteiger partial charge in [0.05, 0.1) is 6.21 Å². The van der Waals surface area contributed by atoms with Crippen LogP contribution in [0.1, 0.15) is 5.56 Å². The minimum absolute atomic E-state index is 0.351. The minimum atomic E-state index is -0.413. The van der Waals surface area contributed by atoms with Crippen molar-refractivity contribution in [3.05, 3.63) is 34.6 Å². The maximum Gasteiger partial charge on any atom is 0.123 e. The fourth-order valence-electron chi connectivity index (χ4n) is 0.676. The van der Waals surface area contributed by atoms with Crippen LogP contribution in [-0.2, 0) is 0 Å². The molecule has 58 valence electrons. The molecule has 0 saturated heterocycles. The number of benzene rings is 1. The van der Waals surface area contributed by atoms with Gasteiger partial charge in [0.25, 0.3) is 0 Å².